The Hall–Kier alpha value is -2.18. The summed E-state index contributed by atoms with van der Waals surface area (Å²) in [5, 5.41) is 21.1. The molecule has 0 amide bonds. The van der Waals surface area contributed by atoms with Gasteiger partial charge in [0.15, 0.2) is 0 Å². The molecule has 0 unspecified atom stereocenters. The predicted molar refractivity (Wildman–Crippen MR) is 53.5 cm³/mol. The summed E-state index contributed by atoms with van der Waals surface area (Å²) in [5.74, 6) is 0. The lowest BCUT2D eigenvalue weighted by Gasteiger charge is -2.02. The van der Waals surface area contributed by atoms with E-state index in [0.717, 1.165) is 6.07 Å². The smallest absolute Gasteiger partial charge is 0.298 e. The van der Waals surface area contributed by atoms with Crippen molar-refractivity contribution in [2.75, 3.05) is 5.73 Å². The minimum absolute atomic E-state index is 0.0533. The molecular weight excluding hydrogens is 202 g/mol. The molecule has 0 fully saturated rings. The number of hydrogen-bond acceptors (Lipinski definition) is 5. The summed E-state index contributed by atoms with van der Waals surface area (Å²) >= 11 is 0. The molecule has 0 spiro atoms. The second-order valence-electron chi connectivity index (χ2n) is 2.91. The number of nitrogens with zero attached hydrogens (tertiary/aromatic N) is 2. The van der Waals surface area contributed by atoms with Crippen LogP contribution in [0.2, 0.25) is 0 Å². The highest BCUT2D eigenvalue weighted by molar-refractivity contribution is 5.65. The molecule has 0 aliphatic rings. The Balaban J connectivity index is 3.43. The average molecular weight is 211 g/mol. The molecule has 80 valence electrons. The van der Waals surface area contributed by atoms with Crippen LogP contribution in [0.3, 0.4) is 0 Å². The third kappa shape index (κ3) is 2.01. The van der Waals surface area contributed by atoms with E-state index in [9.17, 15) is 20.2 Å². The number of nitro groups is 2. The van der Waals surface area contributed by atoms with E-state index in [2.05, 4.69) is 0 Å². The van der Waals surface area contributed by atoms with Crippen LogP contribution in [0, 0.1) is 20.2 Å². The van der Waals surface area contributed by atoms with Crippen molar-refractivity contribution in [2.24, 2.45) is 0 Å². The van der Waals surface area contributed by atoms with Gasteiger partial charge in [0.25, 0.3) is 11.4 Å². The van der Waals surface area contributed by atoms with Crippen LogP contribution in [0.4, 0.5) is 17.1 Å². The highest BCUT2D eigenvalue weighted by Crippen LogP contribution is 2.30. The van der Waals surface area contributed by atoms with Crippen LogP contribution in [-0.4, -0.2) is 9.85 Å². The van der Waals surface area contributed by atoms with Crippen molar-refractivity contribution in [3.05, 3.63) is 37.9 Å². The molecule has 0 aliphatic carbocycles. The first-order chi connectivity index (χ1) is 6.97. The van der Waals surface area contributed by atoms with Gasteiger partial charge in [-0.25, -0.2) is 0 Å². The standard InChI is InChI=1S/C8H9N3O4/c1-2-5-3-6(9)8(11(14)15)4-7(5)10(12)13/h3-4H,2,9H2,1H3. The van der Waals surface area contributed by atoms with Gasteiger partial charge in [-0.05, 0) is 12.5 Å². The van der Waals surface area contributed by atoms with Gasteiger partial charge in [0.1, 0.15) is 5.69 Å². The van der Waals surface area contributed by atoms with Crippen molar-refractivity contribution in [2.45, 2.75) is 13.3 Å². The molecule has 1 aromatic rings. The van der Waals surface area contributed by atoms with Crippen molar-refractivity contribution in [1.29, 1.82) is 0 Å². The summed E-state index contributed by atoms with van der Waals surface area (Å²) in [6.45, 7) is 1.72. The minimum atomic E-state index is -0.734. The Kier molecular flexibility index (Phi) is 2.84. The molecule has 7 heteroatoms. The van der Waals surface area contributed by atoms with Gasteiger partial charge in [0.2, 0.25) is 0 Å². The Morgan fingerprint density at radius 2 is 1.73 bits per heavy atom. The Labute approximate surface area is 84.8 Å². The van der Waals surface area contributed by atoms with E-state index >= 15 is 0 Å². The first-order valence-corrected chi connectivity index (χ1v) is 4.18. The molecule has 1 rings (SSSR count). The van der Waals surface area contributed by atoms with E-state index in [0.29, 0.717) is 12.0 Å². The van der Waals surface area contributed by atoms with Gasteiger partial charge < -0.3 is 5.73 Å². The number of anilines is 1. The summed E-state index contributed by atoms with van der Waals surface area (Å²) in [5.41, 5.74) is 5.04. The van der Waals surface area contributed by atoms with E-state index in [1.54, 1.807) is 6.92 Å². The quantitative estimate of drug-likeness (QED) is 0.464. The largest absolute Gasteiger partial charge is 0.393 e. The van der Waals surface area contributed by atoms with E-state index in [1.165, 1.54) is 6.07 Å². The van der Waals surface area contributed by atoms with Crippen molar-refractivity contribution in [1.82, 2.24) is 0 Å². The third-order valence-corrected chi connectivity index (χ3v) is 2.00. The highest BCUT2D eigenvalue weighted by atomic mass is 16.6. The van der Waals surface area contributed by atoms with Gasteiger partial charge in [-0.2, -0.15) is 0 Å². The van der Waals surface area contributed by atoms with Crippen LogP contribution >= 0.6 is 0 Å². The SMILES string of the molecule is CCc1cc(N)c([N+](=O)[O-])cc1[N+](=O)[O-]. The molecule has 1 aromatic carbocycles. The fourth-order valence-corrected chi connectivity index (χ4v) is 1.25. The van der Waals surface area contributed by atoms with Crippen molar-refractivity contribution < 1.29 is 9.85 Å². The number of aryl methyl sites for hydroxylation is 1. The maximum absolute atomic E-state index is 10.6. The molecule has 0 atom stereocenters. The first-order valence-electron chi connectivity index (χ1n) is 4.18. The van der Waals surface area contributed by atoms with Crippen LogP contribution in [0.5, 0.6) is 0 Å². The first kappa shape index (κ1) is 10.9. The highest BCUT2D eigenvalue weighted by Gasteiger charge is 2.21. The fraction of sp³-hybridized carbons (Fsp3) is 0.250. The topological polar surface area (TPSA) is 112 Å². The van der Waals surface area contributed by atoms with Crippen LogP contribution in [0.1, 0.15) is 12.5 Å². The molecule has 0 bridgehead atoms. The number of rotatable bonds is 3. The lowest BCUT2D eigenvalue weighted by Crippen LogP contribution is -2.01. The molecule has 0 heterocycles. The molecule has 2 N–H and O–H groups in total. The van der Waals surface area contributed by atoms with Gasteiger partial charge in [-0.1, -0.05) is 6.92 Å². The van der Waals surface area contributed by atoms with E-state index < -0.39 is 15.5 Å². The summed E-state index contributed by atoms with van der Waals surface area (Å²) < 4.78 is 0. The second-order valence-corrected chi connectivity index (χ2v) is 2.91. The zero-order valence-corrected chi connectivity index (χ0v) is 7.97. The molecule has 0 radical (unpaired) electrons. The summed E-state index contributed by atoms with van der Waals surface area (Å²) in [7, 11) is 0. The van der Waals surface area contributed by atoms with Crippen molar-refractivity contribution >= 4 is 17.1 Å². The monoisotopic (exact) mass is 211 g/mol. The maximum Gasteiger partial charge on any atom is 0.298 e. The number of nitrogens with two attached hydrogens (primary N) is 1. The molecule has 0 saturated heterocycles. The fourth-order valence-electron chi connectivity index (χ4n) is 1.25. The Morgan fingerprint density at radius 3 is 2.13 bits per heavy atom. The summed E-state index contributed by atoms with van der Waals surface area (Å²) in [4.78, 5) is 19.7. The van der Waals surface area contributed by atoms with Crippen LogP contribution < -0.4 is 5.73 Å². The molecule has 0 saturated carbocycles. The Bertz CT molecular complexity index is 430. The molecule has 7 nitrogen and oxygen atoms in total. The third-order valence-electron chi connectivity index (χ3n) is 2.00. The maximum atomic E-state index is 10.6. The number of hydrogen-bond donors (Lipinski definition) is 1. The summed E-state index contributed by atoms with van der Waals surface area (Å²) in [6.07, 6.45) is 0.401. The van der Waals surface area contributed by atoms with Crippen LogP contribution in [-0.2, 0) is 6.42 Å². The number of nitrogen functional groups attached to an aromatic ring is 1. The molecule has 0 aromatic heterocycles. The Morgan fingerprint density at radius 1 is 1.20 bits per heavy atom. The normalized spacial score (nSPS) is 9.93. The summed E-state index contributed by atoms with van der Waals surface area (Å²) in [6, 6.07) is 2.17. The molecule has 0 aliphatic heterocycles. The number of nitro benzene ring substituents is 2. The van der Waals surface area contributed by atoms with E-state index in [4.69, 9.17) is 5.73 Å². The average Bonchev–Trinajstić information content (AvgIpc) is 2.16. The van der Waals surface area contributed by atoms with Gasteiger partial charge in [0, 0.05) is 5.56 Å². The van der Waals surface area contributed by atoms with Crippen LogP contribution in [0.15, 0.2) is 12.1 Å². The van der Waals surface area contributed by atoms with Gasteiger partial charge in [-0.15, -0.1) is 0 Å². The lowest BCUT2D eigenvalue weighted by atomic mass is 10.1. The molecular formula is C8H9N3O4. The second kappa shape index (κ2) is 3.91. The lowest BCUT2D eigenvalue weighted by molar-refractivity contribution is -0.394. The zero-order valence-electron chi connectivity index (χ0n) is 7.97. The van der Waals surface area contributed by atoms with E-state index in [-0.39, 0.29) is 11.4 Å². The minimum Gasteiger partial charge on any atom is -0.393 e. The zero-order chi connectivity index (χ0) is 11.6. The van der Waals surface area contributed by atoms with Gasteiger partial charge >= 0.3 is 0 Å². The van der Waals surface area contributed by atoms with E-state index in [1.807, 2.05) is 0 Å². The molecule has 15 heavy (non-hydrogen) atoms. The van der Waals surface area contributed by atoms with Gasteiger partial charge in [-0.3, -0.25) is 20.2 Å². The predicted octanol–water partition coefficient (Wildman–Crippen LogP) is 1.65. The van der Waals surface area contributed by atoms with Gasteiger partial charge in [0.05, 0.1) is 15.9 Å². The number of benzene rings is 1. The van der Waals surface area contributed by atoms with Crippen molar-refractivity contribution in [3.63, 3.8) is 0 Å². The van der Waals surface area contributed by atoms with Crippen molar-refractivity contribution in [3.8, 4) is 0 Å². The van der Waals surface area contributed by atoms with Crippen LogP contribution in [0.25, 0.3) is 0 Å².